The third kappa shape index (κ3) is 3.48. The Bertz CT molecular complexity index is 271. The average Bonchev–Trinajstić information content (AvgIpc) is 2.03. The fraction of sp³-hybridized carbons (Fsp3) is 0.778. The highest BCUT2D eigenvalue weighted by atomic mass is 32.2. The van der Waals surface area contributed by atoms with E-state index >= 15 is 0 Å². The van der Waals surface area contributed by atoms with Gasteiger partial charge in [0.05, 0.1) is 0 Å². The molecule has 1 fully saturated rings. The summed E-state index contributed by atoms with van der Waals surface area (Å²) < 4.78 is 24.9. The molecule has 0 saturated heterocycles. The molecule has 3 nitrogen and oxygen atoms in total. The van der Waals surface area contributed by atoms with Crippen LogP contribution in [-0.2, 0) is 10.0 Å². The lowest BCUT2D eigenvalue weighted by Crippen LogP contribution is -2.36. The Morgan fingerprint density at radius 2 is 2.15 bits per heavy atom. The Morgan fingerprint density at radius 3 is 2.69 bits per heavy atom. The third-order valence-corrected chi connectivity index (χ3v) is 3.59. The summed E-state index contributed by atoms with van der Waals surface area (Å²) >= 11 is 0. The second-order valence-corrected chi connectivity index (χ2v) is 5.46. The largest absolute Gasteiger partial charge is 0.233 e. The molecule has 0 spiro atoms. The van der Waals surface area contributed by atoms with Gasteiger partial charge in [-0.3, -0.25) is 0 Å². The van der Waals surface area contributed by atoms with Crippen molar-refractivity contribution in [3.8, 4) is 0 Å². The summed E-state index contributed by atoms with van der Waals surface area (Å²) in [5.74, 6) is 0.631. The first-order valence-electron chi connectivity index (χ1n) is 4.68. The Balaban J connectivity index is 2.49. The number of hydrogen-bond donors (Lipinski definition) is 1. The van der Waals surface area contributed by atoms with Crippen LogP contribution in [0.25, 0.3) is 0 Å². The van der Waals surface area contributed by atoms with E-state index in [1.807, 2.05) is 0 Å². The topological polar surface area (TPSA) is 46.2 Å². The van der Waals surface area contributed by atoms with Gasteiger partial charge < -0.3 is 0 Å². The first-order valence-corrected chi connectivity index (χ1v) is 6.23. The highest BCUT2D eigenvalue weighted by molar-refractivity contribution is 7.92. The van der Waals surface area contributed by atoms with Crippen LogP contribution in [0.2, 0.25) is 0 Å². The molecule has 0 aromatic heterocycles. The molecular formula is C9H17NO2S. The maximum Gasteiger partial charge on any atom is 0.233 e. The SMILES string of the molecule is C=CS(=O)(=O)NC1CCCC(C)C1. The first-order chi connectivity index (χ1) is 6.03. The van der Waals surface area contributed by atoms with Gasteiger partial charge in [0, 0.05) is 11.4 Å². The zero-order chi connectivity index (χ0) is 9.90. The van der Waals surface area contributed by atoms with Gasteiger partial charge in [-0.15, -0.1) is 0 Å². The van der Waals surface area contributed by atoms with E-state index in [-0.39, 0.29) is 6.04 Å². The normalized spacial score (nSPS) is 29.9. The van der Waals surface area contributed by atoms with E-state index in [0.29, 0.717) is 5.92 Å². The molecule has 2 atom stereocenters. The minimum absolute atomic E-state index is 0.117. The highest BCUT2D eigenvalue weighted by Crippen LogP contribution is 2.23. The monoisotopic (exact) mass is 203 g/mol. The van der Waals surface area contributed by atoms with Crippen molar-refractivity contribution in [2.24, 2.45) is 5.92 Å². The lowest BCUT2D eigenvalue weighted by atomic mass is 9.88. The number of rotatable bonds is 3. The van der Waals surface area contributed by atoms with Crippen molar-refractivity contribution in [3.05, 3.63) is 12.0 Å². The van der Waals surface area contributed by atoms with Crippen molar-refractivity contribution in [1.82, 2.24) is 4.72 Å². The number of nitrogens with one attached hydrogen (secondary N) is 1. The number of sulfonamides is 1. The second-order valence-electron chi connectivity index (χ2n) is 3.80. The van der Waals surface area contributed by atoms with Crippen LogP contribution in [0.4, 0.5) is 0 Å². The fourth-order valence-corrected chi connectivity index (χ4v) is 2.60. The van der Waals surface area contributed by atoms with E-state index in [9.17, 15) is 8.42 Å². The van der Waals surface area contributed by atoms with Crippen LogP contribution in [0.3, 0.4) is 0 Å². The van der Waals surface area contributed by atoms with Crippen LogP contribution >= 0.6 is 0 Å². The minimum Gasteiger partial charge on any atom is -0.209 e. The standard InChI is InChI=1S/C9H17NO2S/c1-3-13(11,12)10-9-6-4-5-8(2)7-9/h3,8-10H,1,4-7H2,2H3. The van der Waals surface area contributed by atoms with Crippen LogP contribution in [0.15, 0.2) is 12.0 Å². The molecule has 0 amide bonds. The zero-order valence-electron chi connectivity index (χ0n) is 7.99. The maximum atomic E-state index is 11.1. The summed E-state index contributed by atoms with van der Waals surface area (Å²) in [5.41, 5.74) is 0. The van der Waals surface area contributed by atoms with Crippen LogP contribution < -0.4 is 4.72 Å². The molecular weight excluding hydrogens is 186 g/mol. The van der Waals surface area contributed by atoms with Crippen LogP contribution in [0.5, 0.6) is 0 Å². The summed E-state index contributed by atoms with van der Waals surface area (Å²) in [6, 6.07) is 0.117. The molecule has 0 aromatic rings. The van der Waals surface area contributed by atoms with Crippen molar-refractivity contribution in [2.75, 3.05) is 0 Å². The predicted octanol–water partition coefficient (Wildman–Crippen LogP) is 1.63. The zero-order valence-corrected chi connectivity index (χ0v) is 8.81. The van der Waals surface area contributed by atoms with E-state index in [2.05, 4.69) is 18.2 Å². The summed E-state index contributed by atoms with van der Waals surface area (Å²) in [5, 5.41) is 0.978. The van der Waals surface area contributed by atoms with E-state index in [1.54, 1.807) is 0 Å². The lowest BCUT2D eigenvalue weighted by Gasteiger charge is -2.26. The van der Waals surface area contributed by atoms with Gasteiger partial charge in [0.15, 0.2) is 0 Å². The molecule has 1 aliphatic carbocycles. The van der Waals surface area contributed by atoms with Gasteiger partial charge in [0.25, 0.3) is 0 Å². The fourth-order valence-electron chi connectivity index (χ4n) is 1.82. The molecule has 1 saturated carbocycles. The van der Waals surface area contributed by atoms with E-state index < -0.39 is 10.0 Å². The van der Waals surface area contributed by atoms with Gasteiger partial charge in [-0.2, -0.15) is 0 Å². The molecule has 0 bridgehead atoms. The molecule has 1 N–H and O–H groups in total. The van der Waals surface area contributed by atoms with Crippen LogP contribution in [0.1, 0.15) is 32.6 Å². The molecule has 1 rings (SSSR count). The van der Waals surface area contributed by atoms with E-state index in [1.165, 1.54) is 6.42 Å². The van der Waals surface area contributed by atoms with Crippen molar-refractivity contribution < 1.29 is 8.42 Å². The first kappa shape index (κ1) is 10.7. The maximum absolute atomic E-state index is 11.1. The van der Waals surface area contributed by atoms with Crippen molar-refractivity contribution in [1.29, 1.82) is 0 Å². The molecule has 4 heteroatoms. The van der Waals surface area contributed by atoms with Gasteiger partial charge in [-0.1, -0.05) is 26.3 Å². The lowest BCUT2D eigenvalue weighted by molar-refractivity contribution is 0.328. The second kappa shape index (κ2) is 4.24. The Labute approximate surface area is 80.3 Å². The van der Waals surface area contributed by atoms with E-state index in [4.69, 9.17) is 0 Å². The summed E-state index contributed by atoms with van der Waals surface area (Å²) in [6.07, 6.45) is 4.24. The molecule has 2 unspecified atom stereocenters. The van der Waals surface area contributed by atoms with Gasteiger partial charge in [-0.05, 0) is 18.8 Å². The van der Waals surface area contributed by atoms with Crippen molar-refractivity contribution >= 4 is 10.0 Å². The van der Waals surface area contributed by atoms with Gasteiger partial charge >= 0.3 is 0 Å². The average molecular weight is 203 g/mol. The smallest absolute Gasteiger partial charge is 0.209 e. The summed E-state index contributed by atoms with van der Waals surface area (Å²) in [7, 11) is -3.23. The molecule has 0 aromatic carbocycles. The van der Waals surface area contributed by atoms with E-state index in [0.717, 1.165) is 24.7 Å². The molecule has 76 valence electrons. The molecule has 1 aliphatic rings. The van der Waals surface area contributed by atoms with Crippen molar-refractivity contribution in [2.45, 2.75) is 38.6 Å². The van der Waals surface area contributed by atoms with Gasteiger partial charge in [0.2, 0.25) is 10.0 Å². The summed E-state index contributed by atoms with van der Waals surface area (Å²) in [6.45, 7) is 5.43. The number of hydrogen-bond acceptors (Lipinski definition) is 2. The predicted molar refractivity (Wildman–Crippen MR) is 53.7 cm³/mol. The third-order valence-electron chi connectivity index (χ3n) is 2.49. The molecule has 0 radical (unpaired) electrons. The minimum atomic E-state index is -3.23. The summed E-state index contributed by atoms with van der Waals surface area (Å²) in [4.78, 5) is 0. The molecule has 0 aliphatic heterocycles. The van der Waals surface area contributed by atoms with Crippen LogP contribution in [0, 0.1) is 5.92 Å². The molecule has 13 heavy (non-hydrogen) atoms. The Kier molecular flexibility index (Phi) is 3.50. The molecule has 0 heterocycles. The van der Waals surface area contributed by atoms with Crippen molar-refractivity contribution in [3.63, 3.8) is 0 Å². The van der Waals surface area contributed by atoms with Crippen LogP contribution in [-0.4, -0.2) is 14.5 Å². The Hall–Kier alpha value is -0.350. The Morgan fingerprint density at radius 1 is 1.46 bits per heavy atom. The quantitative estimate of drug-likeness (QED) is 0.757. The van der Waals surface area contributed by atoms with Gasteiger partial charge in [0.1, 0.15) is 0 Å². The highest BCUT2D eigenvalue weighted by Gasteiger charge is 2.21. The van der Waals surface area contributed by atoms with Gasteiger partial charge in [-0.25, -0.2) is 13.1 Å².